The molecule has 0 saturated heterocycles. The second-order valence-electron chi connectivity index (χ2n) is 5.61. The molecule has 1 unspecified atom stereocenters. The SMILES string of the molecule is C/C=C/C[N+](C/C=C/C)(C/C=C/C)C(CC)[Si](OC)(OC)OC.[I-]. The van der Waals surface area contributed by atoms with E-state index in [0.29, 0.717) is 0 Å². The Morgan fingerprint density at radius 1 is 0.792 bits per heavy atom. The molecule has 24 heavy (non-hydrogen) atoms. The lowest BCUT2D eigenvalue weighted by atomic mass is 10.2. The molecule has 0 aliphatic heterocycles. The third kappa shape index (κ3) is 6.72. The van der Waals surface area contributed by atoms with Gasteiger partial charge in [-0.25, -0.2) is 0 Å². The molecule has 0 saturated carbocycles. The minimum atomic E-state index is -2.76. The zero-order valence-corrected chi connectivity index (χ0v) is 19.6. The third-order valence-corrected chi connectivity index (χ3v) is 7.90. The van der Waals surface area contributed by atoms with Gasteiger partial charge in [-0.05, 0) is 39.0 Å². The van der Waals surface area contributed by atoms with E-state index in [2.05, 4.69) is 64.2 Å². The Bertz CT molecular complexity index is 351. The van der Waals surface area contributed by atoms with E-state index in [1.54, 1.807) is 21.3 Å². The van der Waals surface area contributed by atoms with Crippen molar-refractivity contribution < 1.29 is 41.7 Å². The molecule has 0 aliphatic rings. The standard InChI is InChI=1S/C18H36NO3Si.HI/c1-8-12-15-19(16-13-9-2,17-14-10-3)18(11-4)23(20-5,21-6)22-7;/h8-10,12-14,18H,11,15-17H2,1-7H3;1H/q+1;/p-1/b12-8+,13-9+,14-10+;. The second-order valence-corrected chi connectivity index (χ2v) is 8.71. The molecule has 0 aromatic carbocycles. The summed E-state index contributed by atoms with van der Waals surface area (Å²) in [5.41, 5.74) is 0.172. The zero-order valence-electron chi connectivity index (χ0n) is 16.4. The molecule has 4 nitrogen and oxygen atoms in total. The molecule has 0 amide bonds. The van der Waals surface area contributed by atoms with Gasteiger partial charge >= 0.3 is 8.80 Å². The van der Waals surface area contributed by atoms with E-state index in [-0.39, 0.29) is 29.6 Å². The van der Waals surface area contributed by atoms with Crippen molar-refractivity contribution in [3.05, 3.63) is 36.5 Å². The average molecular weight is 469 g/mol. The first-order valence-corrected chi connectivity index (χ1v) is 10.2. The molecule has 0 bridgehead atoms. The maximum Gasteiger partial charge on any atom is 0.561 e. The summed E-state index contributed by atoms with van der Waals surface area (Å²) in [6.45, 7) is 11.2. The molecule has 0 fully saturated rings. The normalized spacial score (nSPS) is 14.6. The molecule has 0 N–H and O–H groups in total. The molecule has 6 heteroatoms. The topological polar surface area (TPSA) is 27.7 Å². The third-order valence-electron chi connectivity index (χ3n) is 4.42. The number of halogens is 1. The van der Waals surface area contributed by atoms with E-state index in [0.717, 1.165) is 30.5 Å². The summed E-state index contributed by atoms with van der Waals surface area (Å²) in [5, 5.41) is 0. The molecule has 0 spiro atoms. The zero-order chi connectivity index (χ0) is 17.8. The van der Waals surface area contributed by atoms with Gasteiger partial charge in [-0.15, -0.1) is 0 Å². The predicted octanol–water partition coefficient (Wildman–Crippen LogP) is 0.731. The Balaban J connectivity index is 0. The Hall–Kier alpha value is 0.00688. The monoisotopic (exact) mass is 469 g/mol. The Labute approximate surface area is 167 Å². The number of allylic oxidation sites excluding steroid dienone is 3. The first kappa shape index (κ1) is 26.2. The van der Waals surface area contributed by atoms with E-state index in [9.17, 15) is 0 Å². The number of nitrogens with zero attached hydrogens (tertiary/aromatic N) is 1. The summed E-state index contributed by atoms with van der Waals surface area (Å²) in [6, 6.07) is 0. The van der Waals surface area contributed by atoms with E-state index in [1.165, 1.54) is 0 Å². The minimum absolute atomic E-state index is 0. The van der Waals surface area contributed by atoms with Crippen molar-refractivity contribution >= 4 is 8.80 Å². The van der Waals surface area contributed by atoms with Crippen LogP contribution in [0.3, 0.4) is 0 Å². The highest BCUT2D eigenvalue weighted by Crippen LogP contribution is 2.28. The van der Waals surface area contributed by atoms with Crippen molar-refractivity contribution in [1.82, 2.24) is 0 Å². The van der Waals surface area contributed by atoms with Crippen LogP contribution in [0.2, 0.25) is 0 Å². The fourth-order valence-corrected chi connectivity index (χ4v) is 5.99. The van der Waals surface area contributed by atoms with Gasteiger partial charge in [0.15, 0.2) is 5.67 Å². The molecular formula is C18H36INO3Si. The second kappa shape index (κ2) is 14.2. The van der Waals surface area contributed by atoms with E-state index < -0.39 is 8.80 Å². The van der Waals surface area contributed by atoms with E-state index in [1.807, 2.05) is 0 Å². The number of hydrogen-bond donors (Lipinski definition) is 0. The van der Waals surface area contributed by atoms with E-state index >= 15 is 0 Å². The van der Waals surface area contributed by atoms with Crippen LogP contribution in [0.15, 0.2) is 36.5 Å². The molecule has 0 rings (SSSR count). The number of hydrogen-bond acceptors (Lipinski definition) is 3. The minimum Gasteiger partial charge on any atom is -1.00 e. The highest BCUT2D eigenvalue weighted by atomic mass is 127. The van der Waals surface area contributed by atoms with Crippen LogP contribution in [0, 0.1) is 0 Å². The predicted molar refractivity (Wildman–Crippen MR) is 100 cm³/mol. The first-order valence-electron chi connectivity index (χ1n) is 8.40. The fraction of sp³-hybridized carbons (Fsp3) is 0.667. The molecular weight excluding hydrogens is 433 g/mol. The highest BCUT2D eigenvalue weighted by Gasteiger charge is 2.57. The van der Waals surface area contributed by atoms with Crippen LogP contribution in [-0.4, -0.2) is 59.9 Å². The van der Waals surface area contributed by atoms with Gasteiger partial charge in [0.25, 0.3) is 0 Å². The van der Waals surface area contributed by atoms with Crippen LogP contribution < -0.4 is 24.0 Å². The first-order chi connectivity index (χ1) is 11.1. The van der Waals surface area contributed by atoms with Gasteiger partial charge in [0.05, 0.1) is 19.6 Å². The highest BCUT2D eigenvalue weighted by molar-refractivity contribution is 6.62. The van der Waals surface area contributed by atoms with Gasteiger partial charge in [-0.2, -0.15) is 0 Å². The maximum absolute atomic E-state index is 5.84. The Morgan fingerprint density at radius 2 is 1.12 bits per heavy atom. The van der Waals surface area contributed by atoms with Crippen LogP contribution in [0.5, 0.6) is 0 Å². The summed E-state index contributed by atoms with van der Waals surface area (Å²) in [5.74, 6) is 0. The summed E-state index contributed by atoms with van der Waals surface area (Å²) in [7, 11) is 2.36. The van der Waals surface area contributed by atoms with Crippen LogP contribution in [0.25, 0.3) is 0 Å². The summed E-state index contributed by atoms with van der Waals surface area (Å²) in [6.07, 6.45) is 14.0. The largest absolute Gasteiger partial charge is 1.00 e. The van der Waals surface area contributed by atoms with Crippen LogP contribution in [-0.2, 0) is 13.3 Å². The molecule has 0 aliphatic carbocycles. The number of rotatable bonds is 12. The van der Waals surface area contributed by atoms with Crippen molar-refractivity contribution in [3.63, 3.8) is 0 Å². The van der Waals surface area contributed by atoms with Crippen molar-refractivity contribution in [2.24, 2.45) is 0 Å². The lowest BCUT2D eigenvalue weighted by Gasteiger charge is -2.47. The molecule has 0 aromatic rings. The quantitative estimate of drug-likeness (QED) is 0.183. The Morgan fingerprint density at radius 3 is 1.33 bits per heavy atom. The van der Waals surface area contributed by atoms with Gasteiger partial charge in [0, 0.05) is 27.8 Å². The van der Waals surface area contributed by atoms with Gasteiger partial charge in [-0.1, -0.05) is 25.2 Å². The molecule has 1 atom stereocenters. The summed E-state index contributed by atoms with van der Waals surface area (Å²) < 4.78 is 18.4. The summed E-state index contributed by atoms with van der Waals surface area (Å²) in [4.78, 5) is 0. The fourth-order valence-electron chi connectivity index (χ4n) is 3.18. The number of quaternary nitrogens is 1. The molecule has 0 heterocycles. The van der Waals surface area contributed by atoms with Gasteiger partial charge in [-0.3, -0.25) is 0 Å². The summed E-state index contributed by atoms with van der Waals surface area (Å²) >= 11 is 0. The van der Waals surface area contributed by atoms with Crippen molar-refractivity contribution in [1.29, 1.82) is 0 Å². The van der Waals surface area contributed by atoms with Crippen LogP contribution >= 0.6 is 0 Å². The van der Waals surface area contributed by atoms with Crippen molar-refractivity contribution in [2.75, 3.05) is 41.0 Å². The van der Waals surface area contributed by atoms with Crippen molar-refractivity contribution in [2.45, 2.75) is 39.8 Å². The van der Waals surface area contributed by atoms with Crippen molar-refractivity contribution in [3.8, 4) is 0 Å². The van der Waals surface area contributed by atoms with Crippen LogP contribution in [0.4, 0.5) is 0 Å². The van der Waals surface area contributed by atoms with Crippen LogP contribution in [0.1, 0.15) is 34.1 Å². The Kier molecular flexibility index (Phi) is 15.5. The van der Waals surface area contributed by atoms with E-state index in [4.69, 9.17) is 13.3 Å². The lowest BCUT2D eigenvalue weighted by molar-refractivity contribution is -0.927. The average Bonchev–Trinajstić information content (AvgIpc) is 2.60. The smallest absolute Gasteiger partial charge is 0.561 e. The van der Waals surface area contributed by atoms with Gasteiger partial charge in [0.2, 0.25) is 0 Å². The molecule has 142 valence electrons. The molecule has 0 radical (unpaired) electrons. The molecule has 0 aromatic heterocycles. The van der Waals surface area contributed by atoms with Gasteiger partial charge < -0.3 is 41.7 Å². The maximum atomic E-state index is 5.84. The van der Waals surface area contributed by atoms with Gasteiger partial charge in [0.1, 0.15) is 0 Å². The lowest BCUT2D eigenvalue weighted by Crippen LogP contribution is -3.00.